The highest BCUT2D eigenvalue weighted by Crippen LogP contribution is 2.42. The molecule has 2 aliphatic rings. The van der Waals surface area contributed by atoms with E-state index in [0.717, 1.165) is 44.4 Å². The van der Waals surface area contributed by atoms with Crippen LogP contribution in [0, 0.1) is 6.92 Å². The second-order valence-electron chi connectivity index (χ2n) is 13.3. The molecule has 0 saturated carbocycles. The first-order valence-electron chi connectivity index (χ1n) is 17.0. The van der Waals surface area contributed by atoms with Crippen LogP contribution in [-0.4, -0.2) is 93.1 Å². The molecule has 2 aromatic carbocycles. The fourth-order valence-corrected chi connectivity index (χ4v) is 9.72. The first-order valence-corrected chi connectivity index (χ1v) is 19.9. The molecule has 6 heterocycles. The van der Waals surface area contributed by atoms with Crippen LogP contribution in [0.25, 0.3) is 27.6 Å². The topological polar surface area (TPSA) is 215 Å². The summed E-state index contributed by atoms with van der Waals surface area (Å²) < 4.78 is 6.75. The Morgan fingerprint density at radius 1 is 1.14 bits per heavy atom. The van der Waals surface area contributed by atoms with Crippen LogP contribution < -0.4 is 11.1 Å². The number of nitrogens with two attached hydrogens (primary N) is 1. The van der Waals surface area contributed by atoms with Gasteiger partial charge in [-0.25, -0.2) is 14.8 Å². The highest BCUT2D eigenvalue weighted by atomic mass is 35.5. The Labute approximate surface area is 349 Å². The Morgan fingerprint density at radius 2 is 1.91 bits per heavy atom. The number of fused-ring (bicyclic) bond motifs is 5. The minimum absolute atomic E-state index is 0. The lowest BCUT2D eigenvalue weighted by molar-refractivity contribution is -0.150. The minimum Gasteiger partial charge on any atom is -0.477 e. The Morgan fingerprint density at radius 3 is 2.65 bits per heavy atom. The third-order valence-electron chi connectivity index (χ3n) is 9.19. The molecular weight excluding hydrogens is 836 g/mol. The van der Waals surface area contributed by atoms with Crippen LogP contribution in [0.1, 0.15) is 36.6 Å². The van der Waals surface area contributed by atoms with Crippen molar-refractivity contribution in [3.8, 4) is 0 Å². The predicted octanol–water partition coefficient (Wildman–Crippen LogP) is 5.28. The van der Waals surface area contributed by atoms with Crippen molar-refractivity contribution in [3.05, 3.63) is 88.0 Å². The highest BCUT2D eigenvalue weighted by Gasteiger charge is 2.54. The number of ether oxygens (including phenoxy) is 1. The van der Waals surface area contributed by atoms with Crippen LogP contribution in [0.3, 0.4) is 0 Å². The van der Waals surface area contributed by atoms with E-state index in [1.54, 1.807) is 17.0 Å². The molecule has 4 aromatic heterocycles. The van der Waals surface area contributed by atoms with Gasteiger partial charge < -0.3 is 30.7 Å². The van der Waals surface area contributed by atoms with Crippen LogP contribution in [-0.2, 0) is 36.2 Å². The van der Waals surface area contributed by atoms with Gasteiger partial charge in [-0.2, -0.15) is 9.50 Å². The Hall–Kier alpha value is -4.92. The molecule has 21 heteroatoms. The standard InChI is InChI=1S/C36H34N10O6S3.2ClH/c1-17-12-25(46-35(38-17)41-24(43-46)13-51-4)53-14-18-15-54-32-28(31(48)45(32)29(18)33(49)50)42-30(47)27(23-16-55-34(37)40-23)44-52-36(2,3)21-10-7-9-20-19-8-5-6-11-22(19)39-26(20)21;;/h5-12,16,28,32,39H,13-15H2,1-4H3,(H2,37,40)(H,42,47)(H,49,50);2*1H/t28?,32-;;/m0../s1. The van der Waals surface area contributed by atoms with Gasteiger partial charge in [0.15, 0.2) is 22.3 Å². The van der Waals surface area contributed by atoms with Gasteiger partial charge in [0, 0.05) is 51.5 Å². The average Bonchev–Trinajstić information content (AvgIpc) is 3.88. The van der Waals surface area contributed by atoms with Crippen LogP contribution in [0.15, 0.2) is 75.4 Å². The molecule has 0 spiro atoms. The number of thioether (sulfide) groups is 2. The van der Waals surface area contributed by atoms with E-state index in [1.165, 1.54) is 28.4 Å². The molecule has 2 amide bonds. The molecular formula is C36H36Cl2N10O6S3. The van der Waals surface area contributed by atoms with Gasteiger partial charge in [-0.05, 0) is 38.5 Å². The zero-order chi connectivity index (χ0) is 38.6. The normalized spacial score (nSPS) is 16.9. The number of thiazole rings is 1. The van der Waals surface area contributed by atoms with Crippen LogP contribution >= 0.6 is 59.7 Å². The number of carboxylic acid groups (broad SMARTS) is 1. The van der Waals surface area contributed by atoms with Gasteiger partial charge in [-0.3, -0.25) is 14.5 Å². The molecule has 0 bridgehead atoms. The van der Waals surface area contributed by atoms with Crippen molar-refractivity contribution in [3.63, 3.8) is 0 Å². The molecule has 6 aromatic rings. The van der Waals surface area contributed by atoms with E-state index in [0.29, 0.717) is 28.0 Å². The van der Waals surface area contributed by atoms with Crippen molar-refractivity contribution in [2.45, 2.75) is 49.4 Å². The summed E-state index contributed by atoms with van der Waals surface area (Å²) in [5.41, 5.74) is 8.74. The number of aliphatic carboxylic acids is 1. The number of para-hydroxylation sites is 2. The Bertz CT molecular complexity index is 2610. The summed E-state index contributed by atoms with van der Waals surface area (Å²) in [5, 5.41) is 25.8. The number of nitrogens with zero attached hydrogens (tertiary/aromatic N) is 7. The minimum atomic E-state index is -1.24. The maximum absolute atomic E-state index is 13.9. The predicted molar refractivity (Wildman–Crippen MR) is 224 cm³/mol. The number of benzene rings is 2. The van der Waals surface area contributed by atoms with Crippen LogP contribution in [0.5, 0.6) is 0 Å². The number of halogens is 2. The second kappa shape index (κ2) is 16.5. The molecule has 16 nitrogen and oxygen atoms in total. The molecule has 2 aliphatic heterocycles. The number of aromatic amines is 1. The second-order valence-corrected chi connectivity index (χ2v) is 16.3. The van der Waals surface area contributed by atoms with E-state index in [2.05, 4.69) is 35.5 Å². The fourth-order valence-electron chi connectivity index (χ4n) is 6.64. The van der Waals surface area contributed by atoms with E-state index >= 15 is 0 Å². The van der Waals surface area contributed by atoms with Crippen molar-refractivity contribution >= 4 is 116 Å². The first kappa shape index (κ1) is 41.7. The van der Waals surface area contributed by atoms with Gasteiger partial charge in [0.2, 0.25) is 0 Å². The van der Waals surface area contributed by atoms with E-state index in [-0.39, 0.29) is 59.4 Å². The smallest absolute Gasteiger partial charge is 0.352 e. The number of oxime groups is 1. The average molecular weight is 872 g/mol. The van der Waals surface area contributed by atoms with Gasteiger partial charge in [0.1, 0.15) is 34.4 Å². The third-order valence-corrected chi connectivity index (χ3v) is 12.3. The van der Waals surface area contributed by atoms with E-state index < -0.39 is 34.8 Å². The lowest BCUT2D eigenvalue weighted by Gasteiger charge is -2.49. The van der Waals surface area contributed by atoms with E-state index in [1.807, 2.05) is 69.3 Å². The lowest BCUT2D eigenvalue weighted by Crippen LogP contribution is -2.71. The van der Waals surface area contributed by atoms with Crippen molar-refractivity contribution in [2.24, 2.45) is 5.16 Å². The zero-order valence-electron chi connectivity index (χ0n) is 30.7. The number of H-pyrrole nitrogens is 1. The number of rotatable bonds is 12. The number of aryl methyl sites for hydroxylation is 1. The van der Waals surface area contributed by atoms with Gasteiger partial charge in [-0.15, -0.1) is 64.8 Å². The molecule has 2 atom stereocenters. The maximum atomic E-state index is 13.9. The molecule has 0 radical (unpaired) electrons. The summed E-state index contributed by atoms with van der Waals surface area (Å²) in [7, 11) is 1.55. The highest BCUT2D eigenvalue weighted by molar-refractivity contribution is 8.01. The monoisotopic (exact) mass is 870 g/mol. The van der Waals surface area contributed by atoms with E-state index in [9.17, 15) is 19.5 Å². The van der Waals surface area contributed by atoms with Crippen molar-refractivity contribution in [1.82, 2.24) is 39.8 Å². The number of carbonyl (C=O) groups excluding carboxylic acids is 2. The Balaban J connectivity index is 0.00000275. The summed E-state index contributed by atoms with van der Waals surface area (Å²) in [6, 6.07) is 14.7. The van der Waals surface area contributed by atoms with Gasteiger partial charge in [0.05, 0.1) is 5.52 Å². The number of hydrogen-bond donors (Lipinski definition) is 4. The number of β-lactam (4-membered cyclic amide) rings is 1. The maximum Gasteiger partial charge on any atom is 0.352 e. The number of hydrogen-bond acceptors (Lipinski definition) is 14. The number of carbonyl (C=O) groups is 3. The number of amides is 2. The number of aromatic nitrogens is 6. The Kier molecular flexibility index (Phi) is 12.1. The summed E-state index contributed by atoms with van der Waals surface area (Å²) >= 11 is 3.85. The molecule has 5 N–H and O–H groups in total. The molecule has 0 aliphatic carbocycles. The number of nitrogens with one attached hydrogen (secondary N) is 2. The summed E-state index contributed by atoms with van der Waals surface area (Å²) in [4.78, 5) is 64.2. The summed E-state index contributed by atoms with van der Waals surface area (Å²) in [6.07, 6.45) is 0. The SMILES string of the molecule is COCc1nc2nc(C)cc(SCC3=C(C(=O)O)N4C(=O)C(NC(=O)C(=NOC(C)(C)c5cccc6c5[nH]c5ccccc56)c5csc(N)n5)[C@@H]4SC3)n2n1.Cl.Cl. The van der Waals surface area contributed by atoms with Gasteiger partial charge in [-0.1, -0.05) is 41.6 Å². The third kappa shape index (κ3) is 7.74. The van der Waals surface area contributed by atoms with Crippen molar-refractivity contribution in [1.29, 1.82) is 0 Å². The lowest BCUT2D eigenvalue weighted by atomic mass is 9.95. The summed E-state index contributed by atoms with van der Waals surface area (Å²) in [6.45, 7) is 5.73. The summed E-state index contributed by atoms with van der Waals surface area (Å²) in [5.74, 6) is -1.07. The van der Waals surface area contributed by atoms with Crippen LogP contribution in [0.4, 0.5) is 5.13 Å². The molecule has 1 unspecified atom stereocenters. The number of carboxylic acids is 1. The van der Waals surface area contributed by atoms with E-state index in [4.69, 9.17) is 15.3 Å². The molecule has 8 rings (SSSR count). The molecule has 1 saturated heterocycles. The number of nitrogen functional groups attached to an aromatic ring is 1. The fraction of sp³-hybridized carbons (Fsp3) is 0.278. The largest absolute Gasteiger partial charge is 0.477 e. The van der Waals surface area contributed by atoms with Crippen molar-refractivity contribution in [2.75, 3.05) is 24.3 Å². The van der Waals surface area contributed by atoms with Crippen molar-refractivity contribution < 1.29 is 29.1 Å². The van der Waals surface area contributed by atoms with Gasteiger partial charge in [0.25, 0.3) is 17.6 Å². The number of anilines is 1. The number of methoxy groups -OCH3 is 1. The quantitative estimate of drug-likeness (QED) is 0.0405. The first-order chi connectivity index (χ1) is 26.4. The molecule has 298 valence electrons. The molecule has 1 fully saturated rings. The van der Waals surface area contributed by atoms with Crippen LogP contribution in [0.2, 0.25) is 0 Å². The zero-order valence-corrected chi connectivity index (χ0v) is 34.8. The van der Waals surface area contributed by atoms with Gasteiger partial charge >= 0.3 is 5.97 Å². The molecule has 57 heavy (non-hydrogen) atoms.